The third-order valence-electron chi connectivity index (χ3n) is 6.17. The summed E-state index contributed by atoms with van der Waals surface area (Å²) in [6.07, 6.45) is 0. The quantitative estimate of drug-likeness (QED) is 0.656. The molecule has 2 aromatic carbocycles. The summed E-state index contributed by atoms with van der Waals surface area (Å²) in [4.78, 5) is 17.6. The number of carbonyl (C=O) groups is 1. The van der Waals surface area contributed by atoms with Gasteiger partial charge in [0.15, 0.2) is 0 Å². The maximum atomic E-state index is 12.7. The molecule has 0 atom stereocenters. The van der Waals surface area contributed by atoms with Crippen molar-refractivity contribution in [1.82, 2.24) is 19.4 Å². The van der Waals surface area contributed by atoms with Crippen molar-refractivity contribution < 1.29 is 17.9 Å². The average Bonchev–Trinajstić information content (AvgIpc) is 2.85. The van der Waals surface area contributed by atoms with Crippen LogP contribution < -0.4 is 5.32 Å². The number of piperazine rings is 1. The largest absolute Gasteiger partial charge is 0.379 e. The topological polar surface area (TPSA) is 82.2 Å². The second-order valence-corrected chi connectivity index (χ2v) is 10.6. The summed E-state index contributed by atoms with van der Waals surface area (Å²) in [5, 5.41) is 2.94. The first-order valence-electron chi connectivity index (χ1n) is 11.4. The van der Waals surface area contributed by atoms with Crippen molar-refractivity contribution >= 4 is 15.9 Å². The lowest BCUT2D eigenvalue weighted by Crippen LogP contribution is -2.43. The van der Waals surface area contributed by atoms with E-state index < -0.39 is 10.0 Å². The summed E-state index contributed by atoms with van der Waals surface area (Å²) in [5.41, 5.74) is 2.72. The molecule has 8 nitrogen and oxygen atoms in total. The molecule has 9 heteroatoms. The second-order valence-electron chi connectivity index (χ2n) is 8.62. The van der Waals surface area contributed by atoms with Crippen LogP contribution in [0.25, 0.3) is 0 Å². The third-order valence-corrected chi connectivity index (χ3v) is 8.08. The molecule has 1 N–H and O–H groups in total. The average molecular weight is 473 g/mol. The minimum Gasteiger partial charge on any atom is -0.379 e. The molecule has 33 heavy (non-hydrogen) atoms. The van der Waals surface area contributed by atoms with Gasteiger partial charge in [0, 0.05) is 57.9 Å². The Morgan fingerprint density at radius 2 is 1.61 bits per heavy atom. The van der Waals surface area contributed by atoms with Crippen LogP contribution in [0.1, 0.15) is 21.5 Å². The van der Waals surface area contributed by atoms with Crippen molar-refractivity contribution in [1.29, 1.82) is 0 Å². The Balaban J connectivity index is 1.32. The molecule has 0 radical (unpaired) electrons. The Bertz CT molecular complexity index is 1040. The van der Waals surface area contributed by atoms with Crippen molar-refractivity contribution in [2.24, 2.45) is 0 Å². The first kappa shape index (κ1) is 23.8. The molecule has 1 amide bonds. The minimum atomic E-state index is -3.56. The number of morpholine rings is 1. The molecular weight excluding hydrogens is 440 g/mol. The van der Waals surface area contributed by atoms with Crippen LogP contribution in [-0.2, 0) is 27.8 Å². The summed E-state index contributed by atoms with van der Waals surface area (Å²) in [7, 11) is -1.41. The number of benzene rings is 2. The molecule has 0 bridgehead atoms. The Morgan fingerprint density at radius 1 is 0.939 bits per heavy atom. The number of sulfonamides is 1. The molecule has 4 rings (SSSR count). The lowest BCUT2D eigenvalue weighted by molar-refractivity contribution is 0.0730. The highest BCUT2D eigenvalue weighted by Gasteiger charge is 2.26. The van der Waals surface area contributed by atoms with Gasteiger partial charge in [-0.1, -0.05) is 24.3 Å². The molecule has 178 valence electrons. The fourth-order valence-electron chi connectivity index (χ4n) is 4.10. The van der Waals surface area contributed by atoms with Crippen molar-refractivity contribution in [2.45, 2.75) is 18.0 Å². The lowest BCUT2D eigenvalue weighted by Gasteiger charge is -2.32. The van der Waals surface area contributed by atoms with Gasteiger partial charge in [0.1, 0.15) is 0 Å². The molecule has 0 aromatic heterocycles. The van der Waals surface area contributed by atoms with Crippen molar-refractivity contribution in [3.05, 3.63) is 65.2 Å². The predicted molar refractivity (Wildman–Crippen MR) is 126 cm³/mol. The molecule has 2 aromatic rings. The van der Waals surface area contributed by atoms with Gasteiger partial charge < -0.3 is 15.0 Å². The van der Waals surface area contributed by atoms with Gasteiger partial charge in [-0.05, 0) is 42.4 Å². The first-order chi connectivity index (χ1) is 15.9. The standard InChI is InChI=1S/C24H32N4O4S/c1-26-9-11-27(12-10-26)19-21-4-2-3-20(17-21)18-25-24(29)22-5-7-23(8-6-22)33(30,31)28-13-15-32-16-14-28/h2-8,17H,9-16,18-19H2,1H3,(H,25,29). The van der Waals surface area contributed by atoms with Gasteiger partial charge >= 0.3 is 0 Å². The van der Waals surface area contributed by atoms with E-state index in [1.54, 1.807) is 12.1 Å². The summed E-state index contributed by atoms with van der Waals surface area (Å²) >= 11 is 0. The fraction of sp³-hybridized carbons (Fsp3) is 0.458. The van der Waals surface area contributed by atoms with E-state index in [1.165, 1.54) is 22.0 Å². The molecule has 2 saturated heterocycles. The number of likely N-dealkylation sites (N-methyl/N-ethyl adjacent to an activating group) is 1. The second kappa shape index (κ2) is 10.8. The van der Waals surface area contributed by atoms with E-state index in [9.17, 15) is 13.2 Å². The summed E-state index contributed by atoms with van der Waals surface area (Å²) in [6, 6.07) is 14.4. The molecule has 0 aliphatic carbocycles. The molecular formula is C24H32N4O4S. The number of nitrogens with zero attached hydrogens (tertiary/aromatic N) is 3. The highest BCUT2D eigenvalue weighted by molar-refractivity contribution is 7.89. The van der Waals surface area contributed by atoms with E-state index >= 15 is 0 Å². The van der Waals surface area contributed by atoms with Gasteiger partial charge in [-0.2, -0.15) is 4.31 Å². The Labute approximate surface area is 196 Å². The van der Waals surface area contributed by atoms with E-state index in [2.05, 4.69) is 34.3 Å². The molecule has 0 unspecified atom stereocenters. The van der Waals surface area contributed by atoms with Crippen LogP contribution in [0.15, 0.2) is 53.4 Å². The molecule has 2 aliphatic rings. The van der Waals surface area contributed by atoms with E-state index in [0.29, 0.717) is 38.4 Å². The number of hydrogen-bond donors (Lipinski definition) is 1. The van der Waals surface area contributed by atoms with Gasteiger partial charge in [0.25, 0.3) is 5.91 Å². The summed E-state index contributed by atoms with van der Waals surface area (Å²) in [5.74, 6) is -0.227. The molecule has 0 saturated carbocycles. The van der Waals surface area contributed by atoms with Crippen molar-refractivity contribution in [2.75, 3.05) is 59.5 Å². The van der Waals surface area contributed by atoms with Crippen LogP contribution in [0.2, 0.25) is 0 Å². The number of carbonyl (C=O) groups excluding carboxylic acids is 1. The van der Waals surface area contributed by atoms with Gasteiger partial charge in [0.2, 0.25) is 10.0 Å². The Morgan fingerprint density at radius 3 is 2.30 bits per heavy atom. The smallest absolute Gasteiger partial charge is 0.251 e. The van der Waals surface area contributed by atoms with E-state index in [-0.39, 0.29) is 10.8 Å². The number of rotatable bonds is 7. The van der Waals surface area contributed by atoms with Crippen molar-refractivity contribution in [3.8, 4) is 0 Å². The van der Waals surface area contributed by atoms with Gasteiger partial charge in [-0.25, -0.2) is 8.42 Å². The SMILES string of the molecule is CN1CCN(Cc2cccc(CNC(=O)c3ccc(S(=O)(=O)N4CCOCC4)cc3)c2)CC1. The minimum absolute atomic E-state index is 0.192. The van der Waals surface area contributed by atoms with Crippen molar-refractivity contribution in [3.63, 3.8) is 0 Å². The molecule has 2 aliphatic heterocycles. The van der Waals surface area contributed by atoms with E-state index in [0.717, 1.165) is 38.3 Å². The summed E-state index contributed by atoms with van der Waals surface area (Å²) < 4.78 is 32.1. The molecule has 0 spiro atoms. The Hall–Kier alpha value is -2.30. The van der Waals surface area contributed by atoms with Crippen LogP contribution in [-0.4, -0.2) is 88.0 Å². The van der Waals surface area contributed by atoms with Crippen LogP contribution in [0.5, 0.6) is 0 Å². The highest BCUT2D eigenvalue weighted by Crippen LogP contribution is 2.18. The maximum Gasteiger partial charge on any atom is 0.251 e. The number of nitrogens with one attached hydrogen (secondary N) is 1. The van der Waals surface area contributed by atoms with Crippen LogP contribution in [0, 0.1) is 0 Å². The summed E-state index contributed by atoms with van der Waals surface area (Å²) in [6.45, 7) is 7.12. The van der Waals surface area contributed by atoms with E-state index in [1.807, 2.05) is 12.1 Å². The van der Waals surface area contributed by atoms with E-state index in [4.69, 9.17) is 4.74 Å². The predicted octanol–water partition coefficient (Wildman–Crippen LogP) is 1.38. The third kappa shape index (κ3) is 6.18. The normalized spacial score (nSPS) is 18.8. The van der Waals surface area contributed by atoms with Crippen LogP contribution in [0.3, 0.4) is 0 Å². The molecule has 2 heterocycles. The Kier molecular flexibility index (Phi) is 7.77. The zero-order valence-corrected chi connectivity index (χ0v) is 19.9. The fourth-order valence-corrected chi connectivity index (χ4v) is 5.51. The zero-order chi connectivity index (χ0) is 23.3. The van der Waals surface area contributed by atoms with Crippen LogP contribution in [0.4, 0.5) is 0 Å². The van der Waals surface area contributed by atoms with Gasteiger partial charge in [0.05, 0.1) is 18.1 Å². The molecule has 2 fully saturated rings. The zero-order valence-electron chi connectivity index (χ0n) is 19.1. The monoisotopic (exact) mass is 472 g/mol. The van der Waals surface area contributed by atoms with Crippen LogP contribution >= 0.6 is 0 Å². The maximum absolute atomic E-state index is 12.7. The first-order valence-corrected chi connectivity index (χ1v) is 12.8. The number of hydrogen-bond acceptors (Lipinski definition) is 6. The van der Waals surface area contributed by atoms with Gasteiger partial charge in [-0.15, -0.1) is 0 Å². The number of ether oxygens (including phenoxy) is 1. The lowest BCUT2D eigenvalue weighted by atomic mass is 10.1. The van der Waals surface area contributed by atoms with Gasteiger partial charge in [-0.3, -0.25) is 9.69 Å². The highest BCUT2D eigenvalue weighted by atomic mass is 32.2. The number of amides is 1.